The SMILES string of the molecule is CC(=O)OCCOc1cc(F)c(N2CCNCC2)c(F)c1. The molecule has 2 rings (SSSR count). The van der Waals surface area contributed by atoms with Gasteiger partial charge in [0.1, 0.15) is 24.7 Å². The molecule has 1 N–H and O–H groups in total. The highest BCUT2D eigenvalue weighted by atomic mass is 19.1. The van der Waals surface area contributed by atoms with E-state index in [1.54, 1.807) is 4.90 Å². The Balaban J connectivity index is 2.00. The summed E-state index contributed by atoms with van der Waals surface area (Å²) in [5.41, 5.74) is -0.0242. The largest absolute Gasteiger partial charge is 0.490 e. The Bertz CT molecular complexity index is 482. The van der Waals surface area contributed by atoms with Gasteiger partial charge in [0, 0.05) is 45.2 Å². The first kappa shape index (κ1) is 15.5. The second-order valence-corrected chi connectivity index (χ2v) is 4.66. The van der Waals surface area contributed by atoms with Gasteiger partial charge in [0.15, 0.2) is 11.6 Å². The second kappa shape index (κ2) is 7.21. The van der Waals surface area contributed by atoms with Crippen LogP contribution in [0.5, 0.6) is 5.75 Å². The predicted molar refractivity (Wildman–Crippen MR) is 73.6 cm³/mol. The molecule has 1 heterocycles. The molecule has 0 amide bonds. The van der Waals surface area contributed by atoms with Gasteiger partial charge in [-0.3, -0.25) is 4.79 Å². The Morgan fingerprint density at radius 3 is 2.43 bits per heavy atom. The topological polar surface area (TPSA) is 50.8 Å². The molecule has 0 saturated carbocycles. The molecule has 1 aliphatic heterocycles. The Labute approximate surface area is 121 Å². The molecule has 0 bridgehead atoms. The van der Waals surface area contributed by atoms with Gasteiger partial charge in [0.2, 0.25) is 0 Å². The van der Waals surface area contributed by atoms with E-state index >= 15 is 0 Å². The van der Waals surface area contributed by atoms with Crippen molar-refractivity contribution < 1.29 is 23.0 Å². The van der Waals surface area contributed by atoms with E-state index in [4.69, 9.17) is 4.74 Å². The molecule has 1 aromatic carbocycles. The molecule has 1 aromatic rings. The van der Waals surface area contributed by atoms with Crippen molar-refractivity contribution in [3.05, 3.63) is 23.8 Å². The minimum Gasteiger partial charge on any atom is -0.490 e. The minimum atomic E-state index is -0.653. The molecule has 21 heavy (non-hydrogen) atoms. The molecule has 0 unspecified atom stereocenters. The first-order valence-corrected chi connectivity index (χ1v) is 6.79. The summed E-state index contributed by atoms with van der Waals surface area (Å²) in [5.74, 6) is -1.65. The van der Waals surface area contributed by atoms with E-state index in [2.05, 4.69) is 10.1 Å². The molecule has 0 aliphatic carbocycles. The van der Waals surface area contributed by atoms with Crippen LogP contribution in [-0.2, 0) is 9.53 Å². The summed E-state index contributed by atoms with van der Waals surface area (Å²) >= 11 is 0. The Morgan fingerprint density at radius 2 is 1.86 bits per heavy atom. The number of hydrogen-bond donors (Lipinski definition) is 1. The zero-order valence-corrected chi connectivity index (χ0v) is 11.8. The fraction of sp³-hybridized carbons (Fsp3) is 0.500. The van der Waals surface area contributed by atoms with E-state index in [0.717, 1.165) is 12.1 Å². The fourth-order valence-electron chi connectivity index (χ4n) is 2.16. The smallest absolute Gasteiger partial charge is 0.302 e. The number of ether oxygens (including phenoxy) is 2. The van der Waals surface area contributed by atoms with Gasteiger partial charge >= 0.3 is 5.97 Å². The number of carbonyl (C=O) groups is 1. The van der Waals surface area contributed by atoms with Gasteiger partial charge < -0.3 is 19.7 Å². The van der Waals surface area contributed by atoms with Crippen LogP contribution in [0.4, 0.5) is 14.5 Å². The molecule has 1 fully saturated rings. The number of halogens is 2. The van der Waals surface area contributed by atoms with Crippen LogP contribution in [0, 0.1) is 11.6 Å². The van der Waals surface area contributed by atoms with Crippen molar-refractivity contribution in [2.45, 2.75) is 6.92 Å². The van der Waals surface area contributed by atoms with Gasteiger partial charge in [-0.1, -0.05) is 0 Å². The van der Waals surface area contributed by atoms with Crippen LogP contribution in [-0.4, -0.2) is 45.4 Å². The van der Waals surface area contributed by atoms with Crippen molar-refractivity contribution >= 4 is 11.7 Å². The predicted octanol–water partition coefficient (Wildman–Crippen LogP) is 1.32. The number of rotatable bonds is 5. The maximum Gasteiger partial charge on any atom is 0.302 e. The first-order valence-electron chi connectivity index (χ1n) is 6.79. The molecule has 0 radical (unpaired) electrons. The van der Waals surface area contributed by atoms with Gasteiger partial charge in [-0.05, 0) is 0 Å². The number of piperazine rings is 1. The fourth-order valence-corrected chi connectivity index (χ4v) is 2.16. The number of hydrogen-bond acceptors (Lipinski definition) is 5. The zero-order valence-electron chi connectivity index (χ0n) is 11.8. The van der Waals surface area contributed by atoms with Crippen LogP contribution >= 0.6 is 0 Å². The summed E-state index contributed by atoms with van der Waals surface area (Å²) in [6.07, 6.45) is 0. The Hall–Kier alpha value is -1.89. The Morgan fingerprint density at radius 1 is 1.24 bits per heavy atom. The quantitative estimate of drug-likeness (QED) is 0.656. The summed E-state index contributed by atoms with van der Waals surface area (Å²) in [6.45, 7) is 3.87. The van der Waals surface area contributed by atoms with Crippen molar-refractivity contribution in [1.82, 2.24) is 5.32 Å². The van der Waals surface area contributed by atoms with Crippen molar-refractivity contribution in [1.29, 1.82) is 0 Å². The van der Waals surface area contributed by atoms with Crippen molar-refractivity contribution in [2.75, 3.05) is 44.3 Å². The number of anilines is 1. The third-order valence-corrected chi connectivity index (χ3v) is 3.08. The number of nitrogens with zero attached hydrogens (tertiary/aromatic N) is 1. The van der Waals surface area contributed by atoms with Gasteiger partial charge in [-0.25, -0.2) is 8.78 Å². The summed E-state index contributed by atoms with van der Waals surface area (Å²) in [5, 5.41) is 3.13. The third-order valence-electron chi connectivity index (χ3n) is 3.08. The molecule has 1 saturated heterocycles. The first-order chi connectivity index (χ1) is 10.1. The molecular weight excluding hydrogens is 282 g/mol. The lowest BCUT2D eigenvalue weighted by molar-refractivity contribution is -0.141. The molecule has 7 heteroatoms. The number of nitrogens with one attached hydrogen (secondary N) is 1. The minimum absolute atomic E-state index is 0.0242. The second-order valence-electron chi connectivity index (χ2n) is 4.66. The van der Waals surface area contributed by atoms with E-state index in [1.165, 1.54) is 6.92 Å². The van der Waals surface area contributed by atoms with Crippen LogP contribution in [0.2, 0.25) is 0 Å². The highest BCUT2D eigenvalue weighted by molar-refractivity contribution is 5.65. The summed E-state index contributed by atoms with van der Waals surface area (Å²) in [4.78, 5) is 12.2. The number of esters is 1. The standard InChI is InChI=1S/C14H18F2N2O3/c1-10(19)20-6-7-21-11-8-12(15)14(13(16)9-11)18-4-2-17-3-5-18/h8-9,17H,2-7H2,1H3. The third kappa shape index (κ3) is 4.29. The average Bonchev–Trinajstić information content (AvgIpc) is 2.44. The van der Waals surface area contributed by atoms with E-state index < -0.39 is 17.6 Å². The number of benzene rings is 1. The highest BCUT2D eigenvalue weighted by Crippen LogP contribution is 2.28. The zero-order chi connectivity index (χ0) is 15.2. The van der Waals surface area contributed by atoms with Crippen LogP contribution in [0.25, 0.3) is 0 Å². The maximum atomic E-state index is 14.1. The highest BCUT2D eigenvalue weighted by Gasteiger charge is 2.20. The van der Waals surface area contributed by atoms with Gasteiger partial charge in [0.05, 0.1) is 0 Å². The molecular formula is C14H18F2N2O3. The van der Waals surface area contributed by atoms with E-state index in [9.17, 15) is 13.6 Å². The number of carbonyl (C=O) groups excluding carboxylic acids is 1. The lowest BCUT2D eigenvalue weighted by Crippen LogP contribution is -2.44. The van der Waals surface area contributed by atoms with Gasteiger partial charge in [-0.2, -0.15) is 0 Å². The van der Waals surface area contributed by atoms with E-state index in [0.29, 0.717) is 26.2 Å². The molecule has 0 aromatic heterocycles. The molecule has 1 aliphatic rings. The van der Waals surface area contributed by atoms with Crippen molar-refractivity contribution in [2.24, 2.45) is 0 Å². The average molecular weight is 300 g/mol. The summed E-state index contributed by atoms with van der Waals surface area (Å²) in [7, 11) is 0. The lowest BCUT2D eigenvalue weighted by atomic mass is 10.2. The van der Waals surface area contributed by atoms with Crippen LogP contribution in [0.1, 0.15) is 6.92 Å². The molecule has 0 atom stereocenters. The van der Waals surface area contributed by atoms with Crippen molar-refractivity contribution in [3.63, 3.8) is 0 Å². The van der Waals surface area contributed by atoms with Crippen LogP contribution < -0.4 is 15.0 Å². The summed E-state index contributed by atoms with van der Waals surface area (Å²) < 4.78 is 38.0. The van der Waals surface area contributed by atoms with Gasteiger partial charge in [-0.15, -0.1) is 0 Å². The Kier molecular flexibility index (Phi) is 5.32. The van der Waals surface area contributed by atoms with E-state index in [-0.39, 0.29) is 24.7 Å². The normalized spacial score (nSPS) is 14.9. The molecule has 0 spiro atoms. The summed E-state index contributed by atoms with van der Waals surface area (Å²) in [6, 6.07) is 2.29. The lowest BCUT2D eigenvalue weighted by Gasteiger charge is -2.30. The maximum absolute atomic E-state index is 14.1. The van der Waals surface area contributed by atoms with Crippen LogP contribution in [0.15, 0.2) is 12.1 Å². The van der Waals surface area contributed by atoms with Crippen molar-refractivity contribution in [3.8, 4) is 5.75 Å². The molecule has 116 valence electrons. The monoisotopic (exact) mass is 300 g/mol. The van der Waals surface area contributed by atoms with Gasteiger partial charge in [0.25, 0.3) is 0 Å². The molecule has 5 nitrogen and oxygen atoms in total. The van der Waals surface area contributed by atoms with E-state index in [1.807, 2.05) is 0 Å². The van der Waals surface area contributed by atoms with Crippen LogP contribution in [0.3, 0.4) is 0 Å².